The number of likely N-dealkylation sites (N-methyl/N-ethyl adjacent to an activating group) is 1. The zero-order valence-corrected chi connectivity index (χ0v) is 10.5. The molecular weight excluding hydrogens is 217 g/mol. The number of hydrogen-bond acceptors (Lipinski definition) is 2. The normalized spacial score (nSPS) is 24.6. The van der Waals surface area contributed by atoms with E-state index in [1.165, 1.54) is 18.9 Å². The third-order valence-electron chi connectivity index (χ3n) is 3.74. The Hall–Kier alpha value is -1.09. The average Bonchev–Trinajstić information content (AvgIpc) is 2.38. The Kier molecular flexibility index (Phi) is 4.00. The first-order chi connectivity index (χ1) is 8.26. The summed E-state index contributed by atoms with van der Waals surface area (Å²) in [4.78, 5) is 0. The molecule has 0 spiro atoms. The number of methoxy groups -OCH3 is 1. The van der Waals surface area contributed by atoms with Crippen molar-refractivity contribution in [2.24, 2.45) is 0 Å². The minimum Gasteiger partial charge on any atom is -0.497 e. The van der Waals surface area contributed by atoms with Crippen LogP contribution in [0, 0.1) is 5.82 Å². The molecule has 1 aromatic rings. The number of benzene rings is 1. The Bertz CT molecular complexity index is 380. The second-order valence-corrected chi connectivity index (χ2v) is 4.67. The molecule has 1 aliphatic carbocycles. The van der Waals surface area contributed by atoms with Gasteiger partial charge in [-0.2, -0.15) is 0 Å². The van der Waals surface area contributed by atoms with Crippen LogP contribution in [0.15, 0.2) is 18.2 Å². The van der Waals surface area contributed by atoms with E-state index in [1.54, 1.807) is 7.11 Å². The molecule has 2 unspecified atom stereocenters. The smallest absolute Gasteiger partial charge is 0.130 e. The van der Waals surface area contributed by atoms with Gasteiger partial charge in [-0.25, -0.2) is 4.39 Å². The molecule has 0 amide bonds. The Morgan fingerprint density at radius 1 is 1.29 bits per heavy atom. The van der Waals surface area contributed by atoms with Gasteiger partial charge in [-0.3, -0.25) is 0 Å². The molecule has 0 aromatic heterocycles. The zero-order chi connectivity index (χ0) is 12.3. The van der Waals surface area contributed by atoms with Crippen molar-refractivity contribution in [3.8, 4) is 5.75 Å². The summed E-state index contributed by atoms with van der Waals surface area (Å²) < 4.78 is 19.1. The molecule has 2 rings (SSSR count). The Balaban J connectivity index is 2.25. The molecule has 3 heteroatoms. The third-order valence-corrected chi connectivity index (χ3v) is 3.74. The lowest BCUT2D eigenvalue weighted by Crippen LogP contribution is -2.35. The molecule has 1 saturated carbocycles. The van der Waals surface area contributed by atoms with Crippen LogP contribution in [0.25, 0.3) is 0 Å². The van der Waals surface area contributed by atoms with Crippen molar-refractivity contribution in [3.05, 3.63) is 29.6 Å². The van der Waals surface area contributed by atoms with Crippen molar-refractivity contribution in [2.45, 2.75) is 37.6 Å². The van der Waals surface area contributed by atoms with E-state index < -0.39 is 0 Å². The first-order valence-electron chi connectivity index (χ1n) is 6.27. The van der Waals surface area contributed by atoms with Gasteiger partial charge in [0.15, 0.2) is 0 Å². The molecule has 0 radical (unpaired) electrons. The van der Waals surface area contributed by atoms with Gasteiger partial charge in [-0.05, 0) is 31.5 Å². The highest BCUT2D eigenvalue weighted by atomic mass is 19.1. The Morgan fingerprint density at radius 3 is 2.71 bits per heavy atom. The highest BCUT2D eigenvalue weighted by Gasteiger charge is 2.27. The standard InChI is InChI=1S/C14H20FNO/c1-16-14-6-4-3-5-12(14)11-8-7-10(17-2)9-13(11)15/h7-9,12,14,16H,3-6H2,1-2H3. The van der Waals surface area contributed by atoms with Gasteiger partial charge in [0.25, 0.3) is 0 Å². The third kappa shape index (κ3) is 2.60. The minimum atomic E-state index is -0.142. The Labute approximate surface area is 102 Å². The molecule has 1 aliphatic rings. The van der Waals surface area contributed by atoms with Crippen molar-refractivity contribution < 1.29 is 9.13 Å². The van der Waals surface area contributed by atoms with Crippen molar-refractivity contribution in [2.75, 3.05) is 14.2 Å². The zero-order valence-electron chi connectivity index (χ0n) is 10.5. The molecule has 0 saturated heterocycles. The summed E-state index contributed by atoms with van der Waals surface area (Å²) >= 11 is 0. The number of rotatable bonds is 3. The van der Waals surface area contributed by atoms with E-state index in [-0.39, 0.29) is 5.82 Å². The number of hydrogen-bond donors (Lipinski definition) is 1. The largest absolute Gasteiger partial charge is 0.497 e. The quantitative estimate of drug-likeness (QED) is 0.872. The topological polar surface area (TPSA) is 21.3 Å². The van der Waals surface area contributed by atoms with Gasteiger partial charge in [0, 0.05) is 18.0 Å². The summed E-state index contributed by atoms with van der Waals surface area (Å²) in [6, 6.07) is 5.59. The summed E-state index contributed by atoms with van der Waals surface area (Å²) in [5.41, 5.74) is 0.824. The molecular formula is C14H20FNO. The van der Waals surface area contributed by atoms with E-state index in [1.807, 2.05) is 19.2 Å². The fourth-order valence-corrected chi connectivity index (χ4v) is 2.78. The van der Waals surface area contributed by atoms with Crippen LogP contribution in [0.5, 0.6) is 5.75 Å². The second kappa shape index (κ2) is 5.50. The van der Waals surface area contributed by atoms with E-state index in [0.29, 0.717) is 17.7 Å². The molecule has 0 aliphatic heterocycles. The monoisotopic (exact) mass is 237 g/mol. The van der Waals surface area contributed by atoms with Crippen LogP contribution < -0.4 is 10.1 Å². The van der Waals surface area contributed by atoms with Crippen molar-refractivity contribution >= 4 is 0 Å². The van der Waals surface area contributed by atoms with Gasteiger partial charge in [0.1, 0.15) is 11.6 Å². The van der Waals surface area contributed by atoms with E-state index in [2.05, 4.69) is 5.32 Å². The molecule has 1 aromatic carbocycles. The summed E-state index contributed by atoms with van der Waals surface area (Å²) in [5, 5.41) is 3.31. The average molecular weight is 237 g/mol. The SMILES string of the molecule is CNC1CCCCC1c1ccc(OC)cc1F. The molecule has 2 atom stereocenters. The first-order valence-corrected chi connectivity index (χ1v) is 6.27. The summed E-state index contributed by atoms with van der Waals surface area (Å²) in [5.74, 6) is 0.735. The lowest BCUT2D eigenvalue weighted by Gasteiger charge is -2.31. The lowest BCUT2D eigenvalue weighted by molar-refractivity contribution is 0.336. The second-order valence-electron chi connectivity index (χ2n) is 4.67. The maximum absolute atomic E-state index is 14.0. The van der Waals surface area contributed by atoms with Gasteiger partial charge in [-0.1, -0.05) is 18.9 Å². The number of halogens is 1. The fraction of sp³-hybridized carbons (Fsp3) is 0.571. The van der Waals surface area contributed by atoms with Crippen LogP contribution in [-0.2, 0) is 0 Å². The molecule has 1 fully saturated rings. The lowest BCUT2D eigenvalue weighted by atomic mass is 9.80. The van der Waals surface area contributed by atoms with Gasteiger partial charge in [-0.15, -0.1) is 0 Å². The van der Waals surface area contributed by atoms with Crippen molar-refractivity contribution in [1.29, 1.82) is 0 Å². The molecule has 17 heavy (non-hydrogen) atoms. The predicted molar refractivity (Wildman–Crippen MR) is 67.0 cm³/mol. The van der Waals surface area contributed by atoms with Crippen LogP contribution in [0.3, 0.4) is 0 Å². The molecule has 0 heterocycles. The maximum Gasteiger partial charge on any atom is 0.130 e. The first kappa shape index (κ1) is 12.4. The summed E-state index contributed by atoms with van der Waals surface area (Å²) in [6.45, 7) is 0. The van der Waals surface area contributed by atoms with Crippen LogP contribution in [-0.4, -0.2) is 20.2 Å². The molecule has 94 valence electrons. The summed E-state index contributed by atoms with van der Waals surface area (Å²) in [7, 11) is 3.52. The van der Waals surface area contributed by atoms with Gasteiger partial charge < -0.3 is 10.1 Å². The van der Waals surface area contributed by atoms with Gasteiger partial charge in [0.05, 0.1) is 7.11 Å². The fourth-order valence-electron chi connectivity index (χ4n) is 2.78. The van der Waals surface area contributed by atoms with E-state index >= 15 is 0 Å². The van der Waals surface area contributed by atoms with Crippen LogP contribution in [0.1, 0.15) is 37.2 Å². The van der Waals surface area contributed by atoms with Crippen LogP contribution >= 0.6 is 0 Å². The molecule has 0 bridgehead atoms. The van der Waals surface area contributed by atoms with Crippen molar-refractivity contribution in [3.63, 3.8) is 0 Å². The highest BCUT2D eigenvalue weighted by molar-refractivity contribution is 5.32. The van der Waals surface area contributed by atoms with Crippen LogP contribution in [0.4, 0.5) is 4.39 Å². The van der Waals surface area contributed by atoms with E-state index in [0.717, 1.165) is 18.4 Å². The van der Waals surface area contributed by atoms with E-state index in [9.17, 15) is 4.39 Å². The number of nitrogens with one attached hydrogen (secondary N) is 1. The summed E-state index contributed by atoms with van der Waals surface area (Å²) in [6.07, 6.45) is 4.62. The van der Waals surface area contributed by atoms with Gasteiger partial charge in [0.2, 0.25) is 0 Å². The molecule has 1 N–H and O–H groups in total. The Morgan fingerprint density at radius 2 is 2.06 bits per heavy atom. The molecule has 2 nitrogen and oxygen atoms in total. The minimum absolute atomic E-state index is 0.142. The maximum atomic E-state index is 14.0. The van der Waals surface area contributed by atoms with Gasteiger partial charge >= 0.3 is 0 Å². The highest BCUT2D eigenvalue weighted by Crippen LogP contribution is 2.35. The van der Waals surface area contributed by atoms with Crippen LogP contribution in [0.2, 0.25) is 0 Å². The number of ether oxygens (including phenoxy) is 1. The van der Waals surface area contributed by atoms with E-state index in [4.69, 9.17) is 4.74 Å². The van der Waals surface area contributed by atoms with Crippen molar-refractivity contribution in [1.82, 2.24) is 5.32 Å². The predicted octanol–water partition coefficient (Wildman–Crippen LogP) is 3.08.